The minimum Gasteiger partial charge on any atom is -0.339 e. The van der Waals surface area contributed by atoms with Gasteiger partial charge in [-0.1, -0.05) is 23.8 Å². The van der Waals surface area contributed by atoms with Crippen LogP contribution in [0.2, 0.25) is 0 Å². The van der Waals surface area contributed by atoms with Gasteiger partial charge < -0.3 is 4.90 Å². The van der Waals surface area contributed by atoms with Crippen molar-refractivity contribution in [3.8, 4) is 0 Å². The van der Waals surface area contributed by atoms with E-state index in [1.807, 2.05) is 0 Å². The van der Waals surface area contributed by atoms with Gasteiger partial charge in [0.15, 0.2) is 0 Å². The van der Waals surface area contributed by atoms with Crippen molar-refractivity contribution in [2.45, 2.75) is 52.0 Å². The molecule has 1 unspecified atom stereocenters. The van der Waals surface area contributed by atoms with Crippen LogP contribution in [0.25, 0.3) is 0 Å². The van der Waals surface area contributed by atoms with Crippen LogP contribution in [0, 0.1) is 19.8 Å². The first-order chi connectivity index (χ1) is 12.3. The van der Waals surface area contributed by atoms with Crippen LogP contribution in [0.3, 0.4) is 0 Å². The molecule has 1 aromatic rings. The van der Waals surface area contributed by atoms with Crippen LogP contribution in [0.1, 0.15) is 42.4 Å². The number of sulfonamides is 1. The van der Waals surface area contributed by atoms with E-state index in [2.05, 4.69) is 36.9 Å². The number of carbonyl (C=O) groups excluding carboxylic acids is 1. The zero-order valence-corrected chi connectivity index (χ0v) is 16.9. The molecular formula is C20H30N2O3S. The highest BCUT2D eigenvalue weighted by Crippen LogP contribution is 2.28. The van der Waals surface area contributed by atoms with E-state index >= 15 is 0 Å². The van der Waals surface area contributed by atoms with Gasteiger partial charge in [-0.3, -0.25) is 4.79 Å². The fraction of sp³-hybridized carbons (Fsp3) is 0.650. The Morgan fingerprint density at radius 2 is 1.81 bits per heavy atom. The third kappa shape index (κ3) is 4.29. The standard InChI is InChI=1S/C20H30N2O3S/c1-15-6-7-16(2)18(13-15)14-19-5-4-10-22(19)20(23)17-8-11-21(12-9-17)26(3,24)25/h6-7,13,17,19H,4-5,8-12,14H2,1-3H3. The van der Waals surface area contributed by atoms with E-state index in [1.54, 1.807) is 0 Å². The molecule has 1 aromatic carbocycles. The molecule has 2 aliphatic heterocycles. The Balaban J connectivity index is 1.65. The van der Waals surface area contributed by atoms with Crippen molar-refractivity contribution in [1.82, 2.24) is 9.21 Å². The molecule has 2 fully saturated rings. The Kier molecular flexibility index (Phi) is 5.72. The summed E-state index contributed by atoms with van der Waals surface area (Å²) in [5.41, 5.74) is 3.88. The first-order valence-electron chi connectivity index (χ1n) is 9.57. The minimum absolute atomic E-state index is 0.0350. The summed E-state index contributed by atoms with van der Waals surface area (Å²) in [4.78, 5) is 15.1. The topological polar surface area (TPSA) is 57.7 Å². The van der Waals surface area contributed by atoms with Gasteiger partial charge in [-0.25, -0.2) is 12.7 Å². The normalized spacial score (nSPS) is 22.7. The SMILES string of the molecule is Cc1ccc(C)c(CC2CCCN2C(=O)C2CCN(S(C)(=O)=O)CC2)c1. The van der Waals surface area contributed by atoms with E-state index in [4.69, 9.17) is 0 Å². The number of piperidine rings is 1. The molecule has 26 heavy (non-hydrogen) atoms. The van der Waals surface area contributed by atoms with Crippen molar-refractivity contribution in [3.63, 3.8) is 0 Å². The Labute approximate surface area is 157 Å². The molecule has 3 rings (SSSR count). The summed E-state index contributed by atoms with van der Waals surface area (Å²) < 4.78 is 24.8. The Hall–Kier alpha value is -1.40. The second-order valence-electron chi connectivity index (χ2n) is 7.90. The molecule has 1 atom stereocenters. The average molecular weight is 379 g/mol. The highest BCUT2D eigenvalue weighted by molar-refractivity contribution is 7.88. The van der Waals surface area contributed by atoms with Gasteiger partial charge in [0.2, 0.25) is 15.9 Å². The van der Waals surface area contributed by atoms with Crippen LogP contribution >= 0.6 is 0 Å². The molecule has 6 heteroatoms. The molecular weight excluding hydrogens is 348 g/mol. The van der Waals surface area contributed by atoms with E-state index in [0.29, 0.717) is 25.9 Å². The lowest BCUT2D eigenvalue weighted by Gasteiger charge is -2.34. The van der Waals surface area contributed by atoms with Crippen molar-refractivity contribution < 1.29 is 13.2 Å². The fourth-order valence-electron chi connectivity index (χ4n) is 4.28. The molecule has 5 nitrogen and oxygen atoms in total. The molecule has 0 aromatic heterocycles. The third-order valence-corrected chi connectivity index (χ3v) is 7.20. The smallest absolute Gasteiger partial charge is 0.226 e. The van der Waals surface area contributed by atoms with Crippen LogP contribution in [-0.2, 0) is 21.2 Å². The van der Waals surface area contributed by atoms with E-state index in [9.17, 15) is 13.2 Å². The summed E-state index contributed by atoms with van der Waals surface area (Å²) in [6.45, 7) is 6.00. The number of aryl methyl sites for hydroxylation is 2. The van der Waals surface area contributed by atoms with Gasteiger partial charge in [-0.15, -0.1) is 0 Å². The van der Waals surface area contributed by atoms with Gasteiger partial charge in [-0.2, -0.15) is 0 Å². The van der Waals surface area contributed by atoms with Crippen LogP contribution in [0.5, 0.6) is 0 Å². The Morgan fingerprint density at radius 3 is 2.46 bits per heavy atom. The maximum Gasteiger partial charge on any atom is 0.226 e. The second kappa shape index (κ2) is 7.69. The maximum absolute atomic E-state index is 13.1. The average Bonchev–Trinajstić information content (AvgIpc) is 3.05. The van der Waals surface area contributed by atoms with Crippen molar-refractivity contribution in [2.75, 3.05) is 25.9 Å². The lowest BCUT2D eigenvalue weighted by molar-refractivity contribution is -0.137. The number of likely N-dealkylation sites (tertiary alicyclic amines) is 1. The minimum atomic E-state index is -3.15. The van der Waals surface area contributed by atoms with Crippen molar-refractivity contribution in [2.24, 2.45) is 5.92 Å². The molecule has 0 bridgehead atoms. The van der Waals surface area contributed by atoms with Gasteiger partial charge in [0, 0.05) is 31.6 Å². The van der Waals surface area contributed by atoms with E-state index in [0.717, 1.165) is 25.8 Å². The molecule has 2 saturated heterocycles. The van der Waals surface area contributed by atoms with Gasteiger partial charge in [0.25, 0.3) is 0 Å². The lowest BCUT2D eigenvalue weighted by atomic mass is 9.94. The first-order valence-corrected chi connectivity index (χ1v) is 11.4. The molecule has 0 saturated carbocycles. The van der Waals surface area contributed by atoms with Crippen molar-refractivity contribution >= 4 is 15.9 Å². The molecule has 0 radical (unpaired) electrons. The molecule has 2 heterocycles. The lowest BCUT2D eigenvalue weighted by Crippen LogP contribution is -2.46. The Bertz CT molecular complexity index is 767. The predicted octanol–water partition coefficient (Wildman–Crippen LogP) is 2.51. The zero-order chi connectivity index (χ0) is 18.9. The van der Waals surface area contributed by atoms with Gasteiger partial charge >= 0.3 is 0 Å². The van der Waals surface area contributed by atoms with Crippen molar-refractivity contribution in [1.29, 1.82) is 0 Å². The van der Waals surface area contributed by atoms with E-state index < -0.39 is 10.0 Å². The van der Waals surface area contributed by atoms with E-state index in [-0.39, 0.29) is 17.9 Å². The number of benzene rings is 1. The summed E-state index contributed by atoms with van der Waals surface area (Å²) in [5, 5.41) is 0. The Morgan fingerprint density at radius 1 is 1.12 bits per heavy atom. The number of nitrogens with zero attached hydrogens (tertiary/aromatic N) is 2. The maximum atomic E-state index is 13.1. The highest BCUT2D eigenvalue weighted by atomic mass is 32.2. The zero-order valence-electron chi connectivity index (χ0n) is 16.1. The van der Waals surface area contributed by atoms with Crippen LogP contribution in [0.4, 0.5) is 0 Å². The first kappa shape index (κ1) is 19.4. The fourth-order valence-corrected chi connectivity index (χ4v) is 5.16. The van der Waals surface area contributed by atoms with E-state index in [1.165, 1.54) is 27.3 Å². The summed E-state index contributed by atoms with van der Waals surface area (Å²) in [6.07, 6.45) is 5.55. The molecule has 144 valence electrons. The predicted molar refractivity (Wildman–Crippen MR) is 103 cm³/mol. The number of hydrogen-bond acceptors (Lipinski definition) is 3. The summed E-state index contributed by atoms with van der Waals surface area (Å²) in [7, 11) is -3.15. The van der Waals surface area contributed by atoms with Gasteiger partial charge in [0.05, 0.1) is 6.26 Å². The summed E-state index contributed by atoms with van der Waals surface area (Å²) in [5.74, 6) is 0.193. The molecule has 0 aliphatic carbocycles. The molecule has 1 amide bonds. The molecule has 0 spiro atoms. The van der Waals surface area contributed by atoms with Gasteiger partial charge in [0.1, 0.15) is 0 Å². The molecule has 2 aliphatic rings. The molecule has 0 N–H and O–H groups in total. The quantitative estimate of drug-likeness (QED) is 0.809. The number of rotatable bonds is 4. The largest absolute Gasteiger partial charge is 0.339 e. The second-order valence-corrected chi connectivity index (χ2v) is 9.88. The van der Waals surface area contributed by atoms with Crippen molar-refractivity contribution in [3.05, 3.63) is 34.9 Å². The summed E-state index contributed by atoms with van der Waals surface area (Å²) in [6, 6.07) is 6.80. The van der Waals surface area contributed by atoms with Crippen LogP contribution in [0.15, 0.2) is 18.2 Å². The number of hydrogen-bond donors (Lipinski definition) is 0. The van der Waals surface area contributed by atoms with Crippen LogP contribution < -0.4 is 0 Å². The third-order valence-electron chi connectivity index (χ3n) is 5.89. The highest BCUT2D eigenvalue weighted by Gasteiger charge is 2.36. The van der Waals surface area contributed by atoms with Crippen LogP contribution in [-0.4, -0.2) is 55.5 Å². The van der Waals surface area contributed by atoms with Gasteiger partial charge in [-0.05, 0) is 57.1 Å². The monoisotopic (exact) mass is 378 g/mol. The summed E-state index contributed by atoms with van der Waals surface area (Å²) >= 11 is 0. The number of amides is 1. The number of carbonyl (C=O) groups is 1.